The van der Waals surface area contributed by atoms with Crippen LogP contribution in [0.2, 0.25) is 10.0 Å². The molecule has 0 bridgehead atoms. The second kappa shape index (κ2) is 7.35. The number of amides is 1. The van der Waals surface area contributed by atoms with Gasteiger partial charge in [0.1, 0.15) is 4.47 Å². The maximum absolute atomic E-state index is 12.6. The third-order valence-electron chi connectivity index (χ3n) is 4.13. The van der Waals surface area contributed by atoms with Crippen molar-refractivity contribution in [2.75, 3.05) is 31.1 Å². The quantitative estimate of drug-likeness (QED) is 0.713. The zero-order valence-electron chi connectivity index (χ0n) is 13.4. The first-order valence-electron chi connectivity index (χ1n) is 7.59. The molecule has 132 valence electrons. The summed E-state index contributed by atoms with van der Waals surface area (Å²) in [5.74, 6) is -0.123. The molecule has 0 atom stereocenters. The largest absolute Gasteiger partial charge is 0.366 e. The maximum atomic E-state index is 12.6. The van der Waals surface area contributed by atoms with Gasteiger partial charge in [-0.3, -0.25) is 9.59 Å². The predicted octanol–water partition coefficient (Wildman–Crippen LogP) is 2.81. The van der Waals surface area contributed by atoms with E-state index in [0.29, 0.717) is 46.3 Å². The Morgan fingerprint density at radius 2 is 1.88 bits per heavy atom. The Kier molecular flexibility index (Phi) is 5.36. The molecule has 1 saturated heterocycles. The fraction of sp³-hybridized carbons (Fsp3) is 0.312. The summed E-state index contributed by atoms with van der Waals surface area (Å²) in [5.41, 5.74) is 0.986. The van der Waals surface area contributed by atoms with Gasteiger partial charge in [0.25, 0.3) is 11.5 Å². The summed E-state index contributed by atoms with van der Waals surface area (Å²) in [6.45, 7) is 2.26. The lowest BCUT2D eigenvalue weighted by Gasteiger charge is -2.36. The molecule has 0 saturated carbocycles. The van der Waals surface area contributed by atoms with Crippen molar-refractivity contribution in [1.82, 2.24) is 14.7 Å². The summed E-state index contributed by atoms with van der Waals surface area (Å²) < 4.78 is 1.75. The number of carbonyl (C=O) groups is 1. The van der Waals surface area contributed by atoms with Gasteiger partial charge in [-0.2, -0.15) is 5.10 Å². The molecule has 0 aliphatic carbocycles. The monoisotopic (exact) mass is 444 g/mol. The zero-order valence-corrected chi connectivity index (χ0v) is 16.5. The number of carbonyl (C=O) groups excluding carboxylic acids is 1. The van der Waals surface area contributed by atoms with Crippen LogP contribution >= 0.6 is 39.1 Å². The lowest BCUT2D eigenvalue weighted by atomic mass is 10.1. The number of benzene rings is 1. The Balaban J connectivity index is 1.73. The Bertz CT molecular complexity index is 879. The Morgan fingerprint density at radius 1 is 1.20 bits per heavy atom. The second-order valence-electron chi connectivity index (χ2n) is 5.68. The summed E-state index contributed by atoms with van der Waals surface area (Å²) in [6, 6.07) is 4.86. The number of hydrogen-bond acceptors (Lipinski definition) is 4. The van der Waals surface area contributed by atoms with E-state index >= 15 is 0 Å². The minimum absolute atomic E-state index is 0.123. The van der Waals surface area contributed by atoms with E-state index in [1.54, 1.807) is 36.3 Å². The average Bonchev–Trinajstić information content (AvgIpc) is 2.60. The highest BCUT2D eigenvalue weighted by Crippen LogP contribution is 2.25. The lowest BCUT2D eigenvalue weighted by molar-refractivity contribution is 0.0747. The number of hydrogen-bond donors (Lipinski definition) is 0. The van der Waals surface area contributed by atoms with Crippen LogP contribution < -0.4 is 10.5 Å². The number of rotatable bonds is 2. The molecule has 9 heteroatoms. The van der Waals surface area contributed by atoms with E-state index in [4.69, 9.17) is 23.2 Å². The van der Waals surface area contributed by atoms with Crippen LogP contribution in [0.3, 0.4) is 0 Å². The minimum Gasteiger partial charge on any atom is -0.366 e. The molecule has 0 N–H and O–H groups in total. The van der Waals surface area contributed by atoms with E-state index in [1.165, 1.54) is 4.68 Å². The van der Waals surface area contributed by atoms with Gasteiger partial charge in [0, 0.05) is 38.2 Å². The number of aromatic nitrogens is 2. The molecular weight excluding hydrogens is 431 g/mol. The first-order chi connectivity index (χ1) is 11.9. The van der Waals surface area contributed by atoms with Crippen molar-refractivity contribution in [3.05, 3.63) is 54.8 Å². The van der Waals surface area contributed by atoms with Gasteiger partial charge in [-0.1, -0.05) is 23.2 Å². The third-order valence-corrected chi connectivity index (χ3v) is 5.42. The van der Waals surface area contributed by atoms with E-state index < -0.39 is 0 Å². The molecule has 1 aliphatic heterocycles. The van der Waals surface area contributed by atoms with Crippen molar-refractivity contribution >= 4 is 50.7 Å². The van der Waals surface area contributed by atoms with Crippen molar-refractivity contribution in [3.8, 4) is 0 Å². The maximum Gasteiger partial charge on any atom is 0.282 e. The highest BCUT2D eigenvalue weighted by Gasteiger charge is 2.25. The Morgan fingerprint density at radius 3 is 2.52 bits per heavy atom. The van der Waals surface area contributed by atoms with E-state index in [2.05, 4.69) is 21.0 Å². The molecule has 6 nitrogen and oxygen atoms in total. The number of aryl methyl sites for hydroxylation is 1. The second-order valence-corrected chi connectivity index (χ2v) is 7.31. The van der Waals surface area contributed by atoms with Gasteiger partial charge in [-0.25, -0.2) is 4.68 Å². The van der Waals surface area contributed by atoms with Gasteiger partial charge >= 0.3 is 0 Å². The van der Waals surface area contributed by atoms with Crippen LogP contribution in [-0.4, -0.2) is 46.8 Å². The van der Waals surface area contributed by atoms with Crippen LogP contribution in [0.5, 0.6) is 0 Å². The van der Waals surface area contributed by atoms with E-state index in [1.807, 2.05) is 4.90 Å². The first-order valence-corrected chi connectivity index (χ1v) is 9.14. The standard InChI is InChI=1S/C16H15BrCl2N4O2/c1-21-16(25)14(17)13(9-20-21)22-4-6-23(7-5-22)15(24)11-3-2-10(18)8-12(11)19/h2-3,8-9H,4-7H2,1H3. The van der Waals surface area contributed by atoms with Gasteiger partial charge in [-0.15, -0.1) is 0 Å². The molecule has 1 aliphatic rings. The smallest absolute Gasteiger partial charge is 0.282 e. The van der Waals surface area contributed by atoms with E-state index in [9.17, 15) is 9.59 Å². The highest BCUT2D eigenvalue weighted by atomic mass is 79.9. The molecule has 2 aromatic rings. The van der Waals surface area contributed by atoms with Gasteiger partial charge in [0.2, 0.25) is 0 Å². The van der Waals surface area contributed by atoms with E-state index in [0.717, 1.165) is 5.69 Å². The van der Waals surface area contributed by atoms with Gasteiger partial charge < -0.3 is 9.80 Å². The summed E-state index contributed by atoms with van der Waals surface area (Å²) in [7, 11) is 1.60. The van der Waals surface area contributed by atoms with Gasteiger partial charge in [0.15, 0.2) is 0 Å². The fourth-order valence-corrected chi connectivity index (χ4v) is 3.81. The van der Waals surface area contributed by atoms with Crippen LogP contribution in [0.4, 0.5) is 5.69 Å². The molecular formula is C16H15BrCl2N4O2. The van der Waals surface area contributed by atoms with Crippen LogP contribution in [0, 0.1) is 0 Å². The topological polar surface area (TPSA) is 58.4 Å². The first kappa shape index (κ1) is 18.2. The number of piperazine rings is 1. The highest BCUT2D eigenvalue weighted by molar-refractivity contribution is 9.10. The number of halogens is 3. The summed E-state index contributed by atoms with van der Waals surface area (Å²) in [5, 5.41) is 4.90. The lowest BCUT2D eigenvalue weighted by Crippen LogP contribution is -2.49. The van der Waals surface area contributed by atoms with Crippen molar-refractivity contribution in [3.63, 3.8) is 0 Å². The number of nitrogens with zero attached hydrogens (tertiary/aromatic N) is 4. The van der Waals surface area contributed by atoms with Gasteiger partial charge in [0.05, 0.1) is 22.5 Å². The minimum atomic E-state index is -0.191. The molecule has 0 radical (unpaired) electrons. The molecule has 1 amide bonds. The van der Waals surface area contributed by atoms with Crippen molar-refractivity contribution in [2.45, 2.75) is 0 Å². The molecule has 2 heterocycles. The average molecular weight is 446 g/mol. The molecule has 0 spiro atoms. The molecule has 0 unspecified atom stereocenters. The Labute approximate surface area is 163 Å². The molecule has 1 aromatic carbocycles. The molecule has 3 rings (SSSR count). The fourth-order valence-electron chi connectivity index (χ4n) is 2.71. The van der Waals surface area contributed by atoms with Crippen molar-refractivity contribution in [1.29, 1.82) is 0 Å². The predicted molar refractivity (Wildman–Crippen MR) is 102 cm³/mol. The summed E-state index contributed by atoms with van der Waals surface area (Å²) in [6.07, 6.45) is 1.65. The van der Waals surface area contributed by atoms with E-state index in [-0.39, 0.29) is 11.5 Å². The summed E-state index contributed by atoms with van der Waals surface area (Å²) in [4.78, 5) is 28.4. The Hall–Kier alpha value is -1.57. The van der Waals surface area contributed by atoms with Crippen LogP contribution in [0.15, 0.2) is 33.7 Å². The summed E-state index contributed by atoms with van der Waals surface area (Å²) >= 11 is 15.3. The van der Waals surface area contributed by atoms with Crippen LogP contribution in [-0.2, 0) is 7.05 Å². The van der Waals surface area contributed by atoms with Crippen molar-refractivity contribution < 1.29 is 4.79 Å². The van der Waals surface area contributed by atoms with Gasteiger partial charge in [-0.05, 0) is 34.1 Å². The SMILES string of the molecule is Cn1ncc(N2CCN(C(=O)c3ccc(Cl)cc3Cl)CC2)c(Br)c1=O. The van der Waals surface area contributed by atoms with Crippen LogP contribution in [0.1, 0.15) is 10.4 Å². The van der Waals surface area contributed by atoms with Crippen molar-refractivity contribution in [2.24, 2.45) is 7.05 Å². The normalized spacial score (nSPS) is 14.7. The third kappa shape index (κ3) is 3.68. The van der Waals surface area contributed by atoms with Crippen LogP contribution in [0.25, 0.3) is 0 Å². The molecule has 25 heavy (non-hydrogen) atoms. The molecule has 1 aromatic heterocycles. The number of anilines is 1. The molecule has 1 fully saturated rings. The zero-order chi connectivity index (χ0) is 18.1.